The normalized spacial score (nSPS) is 14.4. The third-order valence-corrected chi connectivity index (χ3v) is 6.36. The van der Waals surface area contributed by atoms with Gasteiger partial charge in [0, 0.05) is 37.1 Å². The van der Waals surface area contributed by atoms with E-state index >= 15 is 0 Å². The molecular weight excluding hydrogens is 413 g/mol. The number of benzene rings is 2. The number of carbonyl (C=O) groups excluding carboxylic acids is 2. The monoisotopic (exact) mass is 437 g/mol. The number of hydrogen-bond donors (Lipinski definition) is 0. The van der Waals surface area contributed by atoms with Crippen LogP contribution in [0.5, 0.6) is 0 Å². The molecule has 5 nitrogen and oxygen atoms in total. The van der Waals surface area contributed by atoms with E-state index in [-0.39, 0.29) is 23.8 Å². The summed E-state index contributed by atoms with van der Waals surface area (Å²) in [5.41, 5.74) is 3.08. The van der Waals surface area contributed by atoms with Gasteiger partial charge in [-0.15, -0.1) is 11.3 Å². The van der Waals surface area contributed by atoms with E-state index in [1.165, 1.54) is 29.0 Å². The number of halogens is 1. The Balaban J connectivity index is 1.36. The molecule has 0 saturated carbocycles. The second kappa shape index (κ2) is 9.39. The Labute approximate surface area is 185 Å². The van der Waals surface area contributed by atoms with E-state index in [0.717, 1.165) is 16.3 Å². The van der Waals surface area contributed by atoms with Crippen LogP contribution >= 0.6 is 11.3 Å². The summed E-state index contributed by atoms with van der Waals surface area (Å²) in [4.78, 5) is 33.5. The molecule has 3 aromatic rings. The van der Waals surface area contributed by atoms with Crippen molar-refractivity contribution in [2.24, 2.45) is 0 Å². The van der Waals surface area contributed by atoms with Crippen LogP contribution < -0.4 is 0 Å². The quantitative estimate of drug-likeness (QED) is 0.616. The number of aryl methyl sites for hydroxylation is 1. The molecule has 2 amide bonds. The van der Waals surface area contributed by atoms with Gasteiger partial charge < -0.3 is 9.80 Å². The molecule has 0 spiro atoms. The topological polar surface area (TPSA) is 53.5 Å². The van der Waals surface area contributed by atoms with Crippen LogP contribution in [0.25, 0.3) is 10.6 Å². The van der Waals surface area contributed by atoms with Gasteiger partial charge in [0.15, 0.2) is 0 Å². The zero-order chi connectivity index (χ0) is 21.8. The highest BCUT2D eigenvalue weighted by Gasteiger charge is 2.24. The molecule has 0 radical (unpaired) electrons. The molecule has 7 heteroatoms. The summed E-state index contributed by atoms with van der Waals surface area (Å²) in [6.45, 7) is 3.96. The maximum Gasteiger partial charge on any atom is 0.256 e. The van der Waals surface area contributed by atoms with E-state index < -0.39 is 5.82 Å². The lowest BCUT2D eigenvalue weighted by molar-refractivity contribution is -0.130. The summed E-state index contributed by atoms with van der Waals surface area (Å²) in [7, 11) is 0. The number of amides is 2. The molecule has 0 atom stereocenters. The minimum absolute atomic E-state index is 0.000877. The third kappa shape index (κ3) is 4.99. The summed E-state index contributed by atoms with van der Waals surface area (Å²) in [5.74, 6) is -0.840. The van der Waals surface area contributed by atoms with Crippen LogP contribution in [-0.2, 0) is 11.2 Å². The van der Waals surface area contributed by atoms with Crippen molar-refractivity contribution in [2.45, 2.75) is 19.8 Å². The van der Waals surface area contributed by atoms with Gasteiger partial charge in [-0.05, 0) is 25.5 Å². The van der Waals surface area contributed by atoms with Crippen molar-refractivity contribution in [2.75, 3.05) is 26.2 Å². The molecule has 160 valence electrons. The van der Waals surface area contributed by atoms with Crippen molar-refractivity contribution in [3.8, 4) is 10.6 Å². The number of carbonyl (C=O) groups is 2. The van der Waals surface area contributed by atoms with Crippen LogP contribution in [-0.4, -0.2) is 52.8 Å². The molecule has 4 rings (SSSR count). The lowest BCUT2D eigenvalue weighted by Crippen LogP contribution is -2.38. The fourth-order valence-electron chi connectivity index (χ4n) is 3.66. The van der Waals surface area contributed by atoms with Gasteiger partial charge in [0.1, 0.15) is 10.8 Å². The largest absolute Gasteiger partial charge is 0.341 e. The molecule has 1 aromatic heterocycles. The van der Waals surface area contributed by atoms with Gasteiger partial charge in [-0.1, -0.05) is 42.0 Å². The first-order valence-corrected chi connectivity index (χ1v) is 11.2. The molecule has 1 fully saturated rings. The fraction of sp³-hybridized carbons (Fsp3) is 0.292. The zero-order valence-electron chi connectivity index (χ0n) is 17.4. The molecule has 0 bridgehead atoms. The summed E-state index contributed by atoms with van der Waals surface area (Å²) in [6, 6.07) is 14.2. The van der Waals surface area contributed by atoms with E-state index in [4.69, 9.17) is 0 Å². The fourth-order valence-corrected chi connectivity index (χ4v) is 4.48. The molecule has 1 aliphatic heterocycles. The number of aromatic nitrogens is 1. The highest BCUT2D eigenvalue weighted by Crippen LogP contribution is 2.24. The van der Waals surface area contributed by atoms with Crippen molar-refractivity contribution in [3.05, 3.63) is 76.5 Å². The predicted octanol–water partition coefficient (Wildman–Crippen LogP) is 4.17. The van der Waals surface area contributed by atoms with Gasteiger partial charge in [-0.25, -0.2) is 9.37 Å². The molecule has 0 aliphatic carbocycles. The van der Waals surface area contributed by atoms with Crippen molar-refractivity contribution in [1.29, 1.82) is 0 Å². The molecule has 0 N–H and O–H groups in total. The van der Waals surface area contributed by atoms with Crippen LogP contribution in [0.1, 0.15) is 28.0 Å². The maximum absolute atomic E-state index is 14.0. The van der Waals surface area contributed by atoms with Gasteiger partial charge in [0.05, 0.1) is 17.7 Å². The minimum Gasteiger partial charge on any atom is -0.341 e. The standard InChI is InChI=1S/C24H24FN3O2S/c1-17-7-9-18(10-8-17)23-26-19(16-31-23)15-22(29)27-11-4-12-28(14-13-27)24(30)20-5-2-3-6-21(20)25/h2-3,5-10,16H,4,11-15H2,1H3. The number of nitrogens with zero attached hydrogens (tertiary/aromatic N) is 3. The Morgan fingerprint density at radius 1 is 1.00 bits per heavy atom. The van der Waals surface area contributed by atoms with Crippen LogP contribution in [0.2, 0.25) is 0 Å². The van der Waals surface area contributed by atoms with Gasteiger partial charge in [-0.3, -0.25) is 9.59 Å². The molecular formula is C24H24FN3O2S. The van der Waals surface area contributed by atoms with Crippen LogP contribution in [0.4, 0.5) is 4.39 Å². The lowest BCUT2D eigenvalue weighted by Gasteiger charge is -2.22. The predicted molar refractivity (Wildman–Crippen MR) is 119 cm³/mol. The van der Waals surface area contributed by atoms with Crippen LogP contribution in [0.15, 0.2) is 53.9 Å². The van der Waals surface area contributed by atoms with Crippen LogP contribution in [0, 0.1) is 12.7 Å². The molecule has 1 saturated heterocycles. The smallest absolute Gasteiger partial charge is 0.256 e. The highest BCUT2D eigenvalue weighted by atomic mass is 32.1. The second-order valence-corrected chi connectivity index (χ2v) is 8.55. The van der Waals surface area contributed by atoms with Crippen molar-refractivity contribution in [1.82, 2.24) is 14.8 Å². The number of rotatable bonds is 4. The molecule has 1 aliphatic rings. The van der Waals surface area contributed by atoms with Gasteiger partial charge in [0.25, 0.3) is 5.91 Å². The zero-order valence-corrected chi connectivity index (χ0v) is 18.2. The third-order valence-electron chi connectivity index (χ3n) is 5.42. The van der Waals surface area contributed by atoms with Gasteiger partial charge in [-0.2, -0.15) is 0 Å². The molecule has 2 heterocycles. The molecule has 0 unspecified atom stereocenters. The average Bonchev–Trinajstić information content (AvgIpc) is 3.08. The van der Waals surface area contributed by atoms with E-state index in [1.54, 1.807) is 21.9 Å². The summed E-state index contributed by atoms with van der Waals surface area (Å²) in [6.07, 6.45) is 0.904. The van der Waals surface area contributed by atoms with Crippen molar-refractivity contribution < 1.29 is 14.0 Å². The maximum atomic E-state index is 14.0. The Morgan fingerprint density at radius 2 is 1.71 bits per heavy atom. The summed E-state index contributed by atoms with van der Waals surface area (Å²) >= 11 is 1.53. The Bertz CT molecular complexity index is 1080. The summed E-state index contributed by atoms with van der Waals surface area (Å²) in [5, 5.41) is 2.83. The Kier molecular flexibility index (Phi) is 6.42. The second-order valence-electron chi connectivity index (χ2n) is 7.69. The van der Waals surface area contributed by atoms with Gasteiger partial charge in [0.2, 0.25) is 5.91 Å². The number of thiazole rings is 1. The number of hydrogen-bond acceptors (Lipinski definition) is 4. The minimum atomic E-state index is -0.516. The van der Waals surface area contributed by atoms with Gasteiger partial charge >= 0.3 is 0 Å². The molecule has 2 aromatic carbocycles. The molecule has 31 heavy (non-hydrogen) atoms. The average molecular weight is 438 g/mol. The Hall–Kier alpha value is -3.06. The lowest BCUT2D eigenvalue weighted by atomic mass is 10.2. The van der Waals surface area contributed by atoms with E-state index in [2.05, 4.69) is 4.98 Å². The van der Waals surface area contributed by atoms with Crippen LogP contribution in [0.3, 0.4) is 0 Å². The Morgan fingerprint density at radius 3 is 2.48 bits per heavy atom. The first-order chi connectivity index (χ1) is 15.0. The first-order valence-electron chi connectivity index (χ1n) is 10.3. The first kappa shape index (κ1) is 21.2. The van der Waals surface area contributed by atoms with E-state index in [9.17, 15) is 14.0 Å². The van der Waals surface area contributed by atoms with E-state index in [1.807, 2.05) is 36.6 Å². The van der Waals surface area contributed by atoms with Crippen molar-refractivity contribution >= 4 is 23.2 Å². The highest BCUT2D eigenvalue weighted by molar-refractivity contribution is 7.13. The summed E-state index contributed by atoms with van der Waals surface area (Å²) < 4.78 is 14.0. The van der Waals surface area contributed by atoms with Crippen molar-refractivity contribution in [3.63, 3.8) is 0 Å². The SMILES string of the molecule is Cc1ccc(-c2nc(CC(=O)N3CCCN(C(=O)c4ccccc4F)CC3)cs2)cc1. The van der Waals surface area contributed by atoms with E-state index in [0.29, 0.717) is 32.6 Å².